The second kappa shape index (κ2) is 11.5. The lowest BCUT2D eigenvalue weighted by Crippen LogP contribution is -2.31. The van der Waals surface area contributed by atoms with Crippen LogP contribution in [0.2, 0.25) is 0 Å². The van der Waals surface area contributed by atoms with Crippen molar-refractivity contribution in [3.05, 3.63) is 94.8 Å². The largest absolute Gasteiger partial charge is 0.473 e. The number of hydrogen-bond acceptors (Lipinski definition) is 5. The fraction of sp³-hybridized carbons (Fsp3) is 0.259. The zero-order valence-corrected chi connectivity index (χ0v) is 19.7. The number of piperidine rings is 1. The molecule has 8 nitrogen and oxygen atoms in total. The van der Waals surface area contributed by atoms with Crippen LogP contribution >= 0.6 is 0 Å². The standard InChI is InChI=1S/C25H25FN4.C2H2O4/c26-22-8-9-23-21(17-22)12-16-30-25(27-18-28-30)24(23)20-10-14-29(15-11-20)13-4-7-19-5-2-1-3-6-19;3-1(4)2(5)6/h1-9,17-18H,10-16H2;(H,3,4)(H,5,6). The lowest BCUT2D eigenvalue weighted by Gasteiger charge is -2.29. The molecule has 1 saturated heterocycles. The summed E-state index contributed by atoms with van der Waals surface area (Å²) >= 11 is 0. The van der Waals surface area contributed by atoms with Gasteiger partial charge in [0.1, 0.15) is 12.1 Å². The number of hydrogen-bond donors (Lipinski definition) is 2. The summed E-state index contributed by atoms with van der Waals surface area (Å²) in [7, 11) is 0. The van der Waals surface area contributed by atoms with E-state index in [-0.39, 0.29) is 5.82 Å². The molecule has 3 heterocycles. The zero-order chi connectivity index (χ0) is 25.5. The molecule has 1 fully saturated rings. The van der Waals surface area contributed by atoms with Crippen LogP contribution < -0.4 is 0 Å². The minimum absolute atomic E-state index is 0.175. The van der Waals surface area contributed by atoms with Crippen molar-refractivity contribution in [2.75, 3.05) is 19.6 Å². The molecule has 3 aromatic rings. The van der Waals surface area contributed by atoms with Crippen molar-refractivity contribution in [3.8, 4) is 0 Å². The number of halogens is 1. The van der Waals surface area contributed by atoms with Crippen LogP contribution in [0, 0.1) is 5.82 Å². The van der Waals surface area contributed by atoms with Crippen LogP contribution in [0.3, 0.4) is 0 Å². The third kappa shape index (κ3) is 6.11. The number of aromatic nitrogens is 3. The Labute approximate surface area is 208 Å². The molecule has 0 unspecified atom stereocenters. The fourth-order valence-electron chi connectivity index (χ4n) is 4.49. The van der Waals surface area contributed by atoms with E-state index in [0.29, 0.717) is 0 Å². The van der Waals surface area contributed by atoms with Gasteiger partial charge in [-0.25, -0.2) is 23.6 Å². The van der Waals surface area contributed by atoms with Gasteiger partial charge in [0.15, 0.2) is 5.82 Å². The molecule has 2 N–H and O–H groups in total. The minimum atomic E-state index is -1.82. The monoisotopic (exact) mass is 490 g/mol. The van der Waals surface area contributed by atoms with Crippen molar-refractivity contribution >= 4 is 23.6 Å². The highest BCUT2D eigenvalue weighted by Gasteiger charge is 2.25. The summed E-state index contributed by atoms with van der Waals surface area (Å²) in [5.74, 6) is -2.90. The number of carbonyl (C=O) groups is 2. The zero-order valence-electron chi connectivity index (χ0n) is 19.7. The van der Waals surface area contributed by atoms with E-state index in [9.17, 15) is 4.39 Å². The first-order valence-corrected chi connectivity index (χ1v) is 11.7. The molecule has 5 rings (SSSR count). The molecular formula is C27H27FN4O4. The summed E-state index contributed by atoms with van der Waals surface area (Å²) in [6.07, 6.45) is 8.83. The summed E-state index contributed by atoms with van der Waals surface area (Å²) in [4.78, 5) is 25.3. The third-order valence-corrected chi connectivity index (χ3v) is 6.24. The molecule has 0 amide bonds. The molecule has 0 spiro atoms. The Morgan fingerprint density at radius 3 is 2.39 bits per heavy atom. The van der Waals surface area contributed by atoms with Crippen LogP contribution in [0.25, 0.3) is 11.6 Å². The van der Waals surface area contributed by atoms with E-state index < -0.39 is 11.9 Å². The number of likely N-dealkylation sites (tertiary alicyclic amines) is 1. The van der Waals surface area contributed by atoms with E-state index >= 15 is 0 Å². The highest BCUT2D eigenvalue weighted by Crippen LogP contribution is 2.35. The average Bonchev–Trinajstić information content (AvgIpc) is 3.28. The van der Waals surface area contributed by atoms with Gasteiger partial charge >= 0.3 is 11.9 Å². The normalized spacial score (nSPS) is 15.5. The van der Waals surface area contributed by atoms with Crippen molar-refractivity contribution in [2.45, 2.75) is 25.8 Å². The first kappa shape index (κ1) is 25.0. The second-order valence-corrected chi connectivity index (χ2v) is 8.56. The van der Waals surface area contributed by atoms with Crippen molar-refractivity contribution in [1.29, 1.82) is 0 Å². The molecule has 186 valence electrons. The fourth-order valence-corrected chi connectivity index (χ4v) is 4.49. The van der Waals surface area contributed by atoms with E-state index in [4.69, 9.17) is 19.8 Å². The predicted molar refractivity (Wildman–Crippen MR) is 133 cm³/mol. The van der Waals surface area contributed by atoms with Crippen LogP contribution in [-0.2, 0) is 22.6 Å². The van der Waals surface area contributed by atoms with Gasteiger partial charge in [-0.2, -0.15) is 5.10 Å². The van der Waals surface area contributed by atoms with Crippen LogP contribution in [0.1, 0.15) is 35.4 Å². The number of nitrogens with zero attached hydrogens (tertiary/aromatic N) is 4. The molecule has 9 heteroatoms. The van der Waals surface area contributed by atoms with Gasteiger partial charge in [-0.3, -0.25) is 4.90 Å². The highest BCUT2D eigenvalue weighted by molar-refractivity contribution is 6.27. The number of aliphatic carboxylic acids is 2. The Morgan fingerprint density at radius 2 is 1.69 bits per heavy atom. The molecule has 36 heavy (non-hydrogen) atoms. The molecule has 0 aliphatic carbocycles. The maximum Gasteiger partial charge on any atom is 0.414 e. The summed E-state index contributed by atoms with van der Waals surface area (Å²) in [5.41, 5.74) is 5.98. The summed E-state index contributed by atoms with van der Waals surface area (Å²) in [6, 6.07) is 15.6. The SMILES string of the molecule is Fc1ccc2c(c1)CCn1ncnc1C2=C1CCN(CC=Cc2ccccc2)CC1.O=C(O)C(=O)O. The van der Waals surface area contributed by atoms with Crippen molar-refractivity contribution in [2.24, 2.45) is 0 Å². The van der Waals surface area contributed by atoms with Gasteiger partial charge in [-0.1, -0.05) is 54.1 Å². The number of carboxylic acids is 2. The summed E-state index contributed by atoms with van der Waals surface area (Å²) < 4.78 is 15.8. The molecule has 2 aliphatic rings. The quantitative estimate of drug-likeness (QED) is 0.539. The van der Waals surface area contributed by atoms with Crippen LogP contribution in [0.15, 0.2) is 66.5 Å². The lowest BCUT2D eigenvalue weighted by molar-refractivity contribution is -0.159. The molecular weight excluding hydrogens is 463 g/mol. The van der Waals surface area contributed by atoms with Crippen LogP contribution in [-0.4, -0.2) is 61.5 Å². The van der Waals surface area contributed by atoms with E-state index in [0.717, 1.165) is 62.4 Å². The maximum absolute atomic E-state index is 13.9. The van der Waals surface area contributed by atoms with E-state index in [1.807, 2.05) is 16.8 Å². The maximum atomic E-state index is 13.9. The Morgan fingerprint density at radius 1 is 0.972 bits per heavy atom. The number of benzene rings is 2. The second-order valence-electron chi connectivity index (χ2n) is 8.56. The number of carboxylic acid groups (broad SMARTS) is 2. The summed E-state index contributed by atoms with van der Waals surface area (Å²) in [5, 5.41) is 19.2. The Bertz CT molecular complexity index is 1280. The molecule has 2 aliphatic heterocycles. The van der Waals surface area contributed by atoms with Gasteiger partial charge in [0.05, 0.1) is 0 Å². The van der Waals surface area contributed by atoms with Gasteiger partial charge in [0.2, 0.25) is 0 Å². The Balaban J connectivity index is 0.000000455. The highest BCUT2D eigenvalue weighted by atomic mass is 19.1. The molecule has 0 saturated carbocycles. The number of rotatable bonds is 3. The van der Waals surface area contributed by atoms with Crippen molar-refractivity contribution in [1.82, 2.24) is 19.7 Å². The Kier molecular flexibility index (Phi) is 8.02. The first-order chi connectivity index (χ1) is 17.4. The van der Waals surface area contributed by atoms with E-state index in [1.54, 1.807) is 18.5 Å². The van der Waals surface area contributed by atoms with Gasteiger partial charge < -0.3 is 10.2 Å². The molecule has 0 bridgehead atoms. The molecule has 0 radical (unpaired) electrons. The minimum Gasteiger partial charge on any atom is -0.473 e. The molecule has 0 atom stereocenters. The van der Waals surface area contributed by atoms with Gasteiger partial charge in [0.25, 0.3) is 0 Å². The predicted octanol–water partition coefficient (Wildman–Crippen LogP) is 3.74. The van der Waals surface area contributed by atoms with Gasteiger partial charge in [0, 0.05) is 31.8 Å². The third-order valence-electron chi connectivity index (χ3n) is 6.24. The van der Waals surface area contributed by atoms with E-state index in [2.05, 4.69) is 51.4 Å². The molecule has 2 aromatic carbocycles. The summed E-state index contributed by atoms with van der Waals surface area (Å²) in [6.45, 7) is 3.72. The topological polar surface area (TPSA) is 109 Å². The van der Waals surface area contributed by atoms with Gasteiger partial charge in [-0.15, -0.1) is 0 Å². The number of fused-ring (bicyclic) bond motifs is 2. The molecule has 1 aromatic heterocycles. The van der Waals surface area contributed by atoms with Gasteiger partial charge in [-0.05, 0) is 48.1 Å². The Hall–Kier alpha value is -4.11. The lowest BCUT2D eigenvalue weighted by atomic mass is 9.90. The first-order valence-electron chi connectivity index (χ1n) is 11.7. The average molecular weight is 491 g/mol. The van der Waals surface area contributed by atoms with Crippen LogP contribution in [0.5, 0.6) is 0 Å². The van der Waals surface area contributed by atoms with Crippen molar-refractivity contribution < 1.29 is 24.2 Å². The van der Waals surface area contributed by atoms with Crippen LogP contribution in [0.4, 0.5) is 4.39 Å². The van der Waals surface area contributed by atoms with Crippen molar-refractivity contribution in [3.63, 3.8) is 0 Å². The van der Waals surface area contributed by atoms with E-state index in [1.165, 1.54) is 16.7 Å². The number of aryl methyl sites for hydroxylation is 2. The smallest absolute Gasteiger partial charge is 0.414 e.